The number of esters is 1. The number of hydrogen-bond donors (Lipinski definition) is 8. The summed E-state index contributed by atoms with van der Waals surface area (Å²) >= 11 is 0. The number of halogens is 12. The molecular formula is C94H117F12N13O17S5. The number of carboxylic acid groups (broad SMARTS) is 1. The Morgan fingerprint density at radius 2 is 0.709 bits per heavy atom. The first-order valence-corrected chi connectivity index (χ1v) is 51.2. The molecule has 3 heterocycles. The number of aldehydes is 1. The van der Waals surface area contributed by atoms with Crippen molar-refractivity contribution in [3.63, 3.8) is 0 Å². The van der Waals surface area contributed by atoms with Crippen LogP contribution >= 0.6 is 0 Å². The number of aromatic nitrogens is 3. The molecule has 0 aliphatic heterocycles. The summed E-state index contributed by atoms with van der Waals surface area (Å²) in [5.74, 6) is -2.64. The van der Waals surface area contributed by atoms with Gasteiger partial charge in [-0.15, -0.1) is 0 Å². The van der Waals surface area contributed by atoms with Gasteiger partial charge >= 0.3 is 48.7 Å². The minimum absolute atomic E-state index is 0. The zero-order valence-electron chi connectivity index (χ0n) is 77.8. The van der Waals surface area contributed by atoms with E-state index < -0.39 is 178 Å². The fourth-order valence-electron chi connectivity index (χ4n) is 14.0. The third-order valence-corrected chi connectivity index (χ3v) is 29.8. The highest BCUT2D eigenvalue weighted by Crippen LogP contribution is 2.43. The molecule has 0 radical (unpaired) electrons. The van der Waals surface area contributed by atoms with E-state index in [0.717, 1.165) is 112 Å². The third-order valence-electron chi connectivity index (χ3n) is 20.9. The summed E-state index contributed by atoms with van der Waals surface area (Å²) < 4.78 is 300. The molecule has 0 saturated heterocycles. The Hall–Kier alpha value is -11.4. The van der Waals surface area contributed by atoms with E-state index in [1.807, 2.05) is 69.3 Å². The number of aryl methyl sites for hydroxylation is 3. The lowest BCUT2D eigenvalue weighted by Gasteiger charge is -2.30. The normalized spacial score (nSPS) is 12.9. The number of aliphatic carboxylic acids is 1. The molecule has 6 aromatic carbocycles. The van der Waals surface area contributed by atoms with E-state index in [9.17, 15) is 114 Å². The number of urea groups is 2. The molecule has 0 aliphatic carbocycles. The highest BCUT2D eigenvalue weighted by atomic mass is 32.2. The number of benzene rings is 6. The summed E-state index contributed by atoms with van der Waals surface area (Å²) in [5.41, 5.74) is 10.8. The minimum atomic E-state index is -4.91. The number of carbonyl (C=O) groups excluding carboxylic acids is 4. The van der Waals surface area contributed by atoms with Crippen molar-refractivity contribution in [1.82, 2.24) is 58.6 Å². The highest BCUT2D eigenvalue weighted by molar-refractivity contribution is 7.90. The van der Waals surface area contributed by atoms with Crippen molar-refractivity contribution in [3.05, 3.63) is 251 Å². The van der Waals surface area contributed by atoms with E-state index in [0.29, 0.717) is 36.1 Å². The summed E-state index contributed by atoms with van der Waals surface area (Å²) in [6.45, 7) is 15.0. The molecule has 9 N–H and O–H groups in total. The molecule has 4 amide bonds. The molecule has 3 aromatic heterocycles. The van der Waals surface area contributed by atoms with Crippen LogP contribution in [0.1, 0.15) is 169 Å². The van der Waals surface area contributed by atoms with Gasteiger partial charge in [-0.05, 0) is 247 Å². The molecule has 9 aromatic rings. The number of carbonyl (C=O) groups is 5. The quantitative estimate of drug-likeness (QED) is 0.00761. The van der Waals surface area contributed by atoms with Crippen LogP contribution in [-0.2, 0) is 87.8 Å². The summed E-state index contributed by atoms with van der Waals surface area (Å²) in [6.07, 6.45) is -8.98. The van der Waals surface area contributed by atoms with Crippen molar-refractivity contribution in [2.75, 3.05) is 77.0 Å². The van der Waals surface area contributed by atoms with Gasteiger partial charge in [0.05, 0.1) is 55.7 Å². The van der Waals surface area contributed by atoms with E-state index in [1.54, 1.807) is 121 Å². The van der Waals surface area contributed by atoms with Gasteiger partial charge < -0.3 is 36.8 Å². The average Bonchev–Trinajstić information content (AvgIpc) is 0.771. The molecule has 3 atom stereocenters. The predicted octanol–water partition coefficient (Wildman–Crippen LogP) is 16.8. The number of ether oxygens (including phenoxy) is 1. The second kappa shape index (κ2) is 54.2. The van der Waals surface area contributed by atoms with E-state index in [-0.39, 0.29) is 98.4 Å². The number of hydrogen-bond acceptors (Lipinski definition) is 20. The highest BCUT2D eigenvalue weighted by Gasteiger charge is 2.44. The Morgan fingerprint density at radius 1 is 0.418 bits per heavy atom. The number of alkyl halides is 12. The number of pyridine rings is 3. The average molecular weight is 2090 g/mol. The third kappa shape index (κ3) is 38.4. The van der Waals surface area contributed by atoms with Gasteiger partial charge in [-0.25, -0.2) is 61.1 Å². The van der Waals surface area contributed by atoms with Crippen LogP contribution in [-0.4, -0.2) is 194 Å². The smallest absolute Gasteiger partial charge is 0.446 e. The molecule has 9 rings (SSSR count). The van der Waals surface area contributed by atoms with Crippen molar-refractivity contribution >= 4 is 80.4 Å². The van der Waals surface area contributed by atoms with Crippen molar-refractivity contribution in [2.24, 2.45) is 5.73 Å². The topological polar surface area (TPSA) is 432 Å². The van der Waals surface area contributed by atoms with Crippen molar-refractivity contribution in [3.8, 4) is 33.4 Å². The lowest BCUT2D eigenvalue weighted by molar-refractivity contribution is -0.156. The van der Waals surface area contributed by atoms with E-state index in [4.69, 9.17) is 20.4 Å². The summed E-state index contributed by atoms with van der Waals surface area (Å²) in [6, 6.07) is 35.6. The molecular weight excluding hydrogens is 1970 g/mol. The first kappa shape index (κ1) is 120. The van der Waals surface area contributed by atoms with Crippen LogP contribution in [0.15, 0.2) is 216 Å². The SMILES string of the molecule is C.Cc1cnccc1-c1cccc([C@H](C)N(CCCCN)S(=O)(=O)c2ccccc2C(F)(F)F)c1.Cc1cnccc1-c1cccc([C@H](C)N(CCCCNC(=O)NCCS(=O)(=O)NCCC(=O)O)S(=O)(=O)c2ccccc2C(F)(F)F)c1.Cc1cnccc1-c1cccc([C@H](C)N(CCCCNC(=O)NCCS(=O)(=O)NCCC(=O)OC(C)(C)C)S(=O)(=O)c2ccccc2C(F)(F)F)c1.O=CC(F)(F)F. The molecule has 30 nitrogen and oxygen atoms in total. The summed E-state index contributed by atoms with van der Waals surface area (Å²) in [4.78, 5) is 65.3. The van der Waals surface area contributed by atoms with Crippen LogP contribution in [0.25, 0.3) is 33.4 Å². The molecule has 47 heteroatoms. The number of amides is 4. The molecule has 0 bridgehead atoms. The maximum absolute atomic E-state index is 14.0. The summed E-state index contributed by atoms with van der Waals surface area (Å²) in [5, 5.41) is 18.5. The molecule has 774 valence electrons. The standard InChI is InChI=1S/C35H46F3N5O7S2.C31H38F3N5O7S2.C25H28F3N3O2S.C2HF3O.CH4/c1-25-24-39-18-15-29(25)28-12-10-11-27(23-28)26(2)43(52(48,49)31-14-7-6-13-30(31)35(36,37)38)21-9-8-17-40-33(45)41-20-22-51(46,47)42-19-16-32(44)50-34(3,4)5;1-22-21-35-15-12-26(22)25-9-7-8-24(20-25)23(2)39(48(45,46)28-11-4-3-10-27(28)31(32,33)34)18-6-5-14-36-30(42)37-17-19-47(43,44)38-16-13-29(40)41;1-18-17-30-14-12-22(18)21-9-7-8-20(16-21)19(2)31(15-6-5-13-29)34(32,33)24-11-4-3-10-23(24)25(26,27)28;3-2(4,5)1-6;/h6-7,10-15,18,23-24,26,42H,8-9,16-17,19-22H2,1-5H3,(H2,40,41,45);3-4,7-12,15,20-21,23,38H,5-6,13-14,16-19H2,1-2H3,(H,40,41)(H2,36,37,42);3-4,7-12,14,16-17,19H,5-6,13,15,29H2,1-2H3;1H;1H4/t26-;23-;19-;;/m000../s1. The molecule has 0 fully saturated rings. The van der Waals surface area contributed by atoms with E-state index in [1.165, 1.54) is 24.3 Å². The Kier molecular flexibility index (Phi) is 46.1. The first-order valence-electron chi connectivity index (χ1n) is 43.6. The number of nitrogens with zero attached hydrogens (tertiary/aromatic N) is 6. The molecule has 0 saturated carbocycles. The van der Waals surface area contributed by atoms with Gasteiger partial charge in [0.2, 0.25) is 56.4 Å². The van der Waals surface area contributed by atoms with Crippen LogP contribution in [0.5, 0.6) is 0 Å². The number of nitrogens with two attached hydrogens (primary N) is 1. The second-order valence-electron chi connectivity index (χ2n) is 32.6. The molecule has 0 unspecified atom stereocenters. The van der Waals surface area contributed by atoms with Crippen LogP contribution in [0, 0.1) is 20.8 Å². The van der Waals surface area contributed by atoms with Crippen molar-refractivity contribution in [1.29, 1.82) is 0 Å². The Balaban J connectivity index is 0.000000367. The second-order valence-corrected chi connectivity index (χ2v) is 42.1. The van der Waals surface area contributed by atoms with E-state index >= 15 is 0 Å². The predicted molar refractivity (Wildman–Crippen MR) is 509 cm³/mol. The Morgan fingerprint density at radius 3 is 0.986 bits per heavy atom. The molecule has 141 heavy (non-hydrogen) atoms. The van der Waals surface area contributed by atoms with Gasteiger partial charge in [-0.1, -0.05) is 98.4 Å². The zero-order valence-corrected chi connectivity index (χ0v) is 81.9. The van der Waals surface area contributed by atoms with Crippen LogP contribution < -0.4 is 36.4 Å². The monoisotopic (exact) mass is 2090 g/mol. The van der Waals surface area contributed by atoms with Gasteiger partial charge in [-0.2, -0.15) is 65.6 Å². The van der Waals surface area contributed by atoms with Crippen LogP contribution in [0.4, 0.5) is 62.3 Å². The van der Waals surface area contributed by atoms with Gasteiger partial charge in [0, 0.05) is 114 Å². The maximum atomic E-state index is 14.0. The number of nitrogens with one attached hydrogen (secondary N) is 6. The maximum Gasteiger partial charge on any atom is 0.446 e. The van der Waals surface area contributed by atoms with Gasteiger partial charge in [0.25, 0.3) is 0 Å². The number of carboxylic acids is 1. The van der Waals surface area contributed by atoms with Crippen LogP contribution in [0.3, 0.4) is 0 Å². The summed E-state index contributed by atoms with van der Waals surface area (Å²) in [7, 11) is -21.4. The van der Waals surface area contributed by atoms with Crippen molar-refractivity contribution in [2.45, 2.75) is 184 Å². The van der Waals surface area contributed by atoms with E-state index in [2.05, 4.69) is 45.7 Å². The fourth-order valence-corrected chi connectivity index (χ4v) is 21.5. The number of rotatable bonds is 43. The fraction of sp³-hybridized carbons (Fsp3) is 0.404. The zero-order chi connectivity index (χ0) is 104. The number of sulfonamides is 5. The molecule has 0 spiro atoms. The first-order chi connectivity index (χ1) is 65.4. The van der Waals surface area contributed by atoms with Gasteiger partial charge in [-0.3, -0.25) is 29.3 Å². The van der Waals surface area contributed by atoms with Gasteiger partial charge in [0.15, 0.2) is 0 Å². The minimum Gasteiger partial charge on any atom is -0.481 e. The Labute approximate surface area is 814 Å². The van der Waals surface area contributed by atoms with Crippen molar-refractivity contribution < 1.29 is 129 Å². The van der Waals surface area contributed by atoms with Crippen LogP contribution in [0.2, 0.25) is 0 Å². The number of unbranched alkanes of at least 4 members (excludes halogenated alkanes) is 3. The lowest BCUT2D eigenvalue weighted by atomic mass is 9.98. The molecule has 0 aliphatic rings. The largest absolute Gasteiger partial charge is 0.481 e. The van der Waals surface area contributed by atoms with Gasteiger partial charge in [0.1, 0.15) is 5.60 Å². The Bertz CT molecular complexity index is 6250. The lowest BCUT2D eigenvalue weighted by Crippen LogP contribution is -2.40.